The minimum absolute atomic E-state index is 0.0161. The third-order valence-corrected chi connectivity index (χ3v) is 2.29. The zero-order valence-corrected chi connectivity index (χ0v) is 10.2. The van der Waals surface area contributed by atoms with Gasteiger partial charge in [0.2, 0.25) is 0 Å². The van der Waals surface area contributed by atoms with Crippen molar-refractivity contribution in [2.75, 3.05) is 13.2 Å². The lowest BCUT2D eigenvalue weighted by atomic mass is 10.1. The molecule has 1 aliphatic heterocycles. The van der Waals surface area contributed by atoms with E-state index in [2.05, 4.69) is 5.32 Å². The van der Waals surface area contributed by atoms with Gasteiger partial charge in [0.25, 0.3) is 0 Å². The van der Waals surface area contributed by atoms with Crippen molar-refractivity contribution in [3.8, 4) is 0 Å². The second-order valence-electron chi connectivity index (χ2n) is 5.06. The van der Waals surface area contributed by atoms with E-state index in [4.69, 9.17) is 14.6 Å². The van der Waals surface area contributed by atoms with Gasteiger partial charge in [0.05, 0.1) is 25.4 Å². The van der Waals surface area contributed by atoms with Gasteiger partial charge >= 0.3 is 6.09 Å². The molecule has 5 nitrogen and oxygen atoms in total. The fraction of sp³-hybridized carbons (Fsp3) is 0.909. The molecule has 1 aliphatic rings. The first-order valence-electron chi connectivity index (χ1n) is 5.62. The predicted molar refractivity (Wildman–Crippen MR) is 59.2 cm³/mol. The molecule has 2 atom stereocenters. The average Bonchev–Trinajstić information content (AvgIpc) is 2.16. The molecule has 0 spiro atoms. The van der Waals surface area contributed by atoms with Crippen LogP contribution in [0.25, 0.3) is 0 Å². The minimum Gasteiger partial charge on any atom is -0.444 e. The molecule has 0 aromatic heterocycles. The Hall–Kier alpha value is -0.810. The highest BCUT2D eigenvalue weighted by atomic mass is 16.6. The lowest BCUT2D eigenvalue weighted by Crippen LogP contribution is -2.45. The number of hydrogen-bond donors (Lipinski definition) is 2. The Bertz CT molecular complexity index is 229. The number of ether oxygens (including phenoxy) is 2. The lowest BCUT2D eigenvalue weighted by molar-refractivity contribution is -0.0336. The number of rotatable bonds is 2. The van der Waals surface area contributed by atoms with Gasteiger partial charge in [-0.3, -0.25) is 0 Å². The van der Waals surface area contributed by atoms with Crippen LogP contribution in [0.4, 0.5) is 4.79 Å². The molecule has 5 heteroatoms. The Morgan fingerprint density at radius 3 is 2.62 bits per heavy atom. The lowest BCUT2D eigenvalue weighted by Gasteiger charge is -2.29. The van der Waals surface area contributed by atoms with Crippen molar-refractivity contribution in [3.63, 3.8) is 0 Å². The van der Waals surface area contributed by atoms with Crippen LogP contribution in [-0.2, 0) is 9.47 Å². The maximum Gasteiger partial charge on any atom is 0.407 e. The summed E-state index contributed by atoms with van der Waals surface area (Å²) in [7, 11) is 0. The number of carbonyl (C=O) groups is 1. The molecule has 0 bridgehead atoms. The van der Waals surface area contributed by atoms with Crippen LogP contribution in [-0.4, -0.2) is 42.2 Å². The van der Waals surface area contributed by atoms with Gasteiger partial charge in [-0.1, -0.05) is 0 Å². The highest BCUT2D eigenvalue weighted by Crippen LogP contribution is 2.14. The number of hydrogen-bond acceptors (Lipinski definition) is 4. The molecule has 0 radical (unpaired) electrons. The van der Waals surface area contributed by atoms with Crippen molar-refractivity contribution in [2.45, 2.75) is 51.4 Å². The Balaban J connectivity index is 2.26. The second kappa shape index (κ2) is 5.50. The molecule has 2 N–H and O–H groups in total. The summed E-state index contributed by atoms with van der Waals surface area (Å²) in [6.45, 7) is 5.95. The molecule has 1 fully saturated rings. The van der Waals surface area contributed by atoms with Crippen LogP contribution in [0.1, 0.15) is 33.6 Å². The third-order valence-electron chi connectivity index (χ3n) is 2.29. The van der Waals surface area contributed by atoms with Crippen molar-refractivity contribution in [2.24, 2.45) is 0 Å². The van der Waals surface area contributed by atoms with Crippen LogP contribution in [0.15, 0.2) is 0 Å². The van der Waals surface area contributed by atoms with Gasteiger partial charge in [0.1, 0.15) is 5.60 Å². The van der Waals surface area contributed by atoms with Gasteiger partial charge in [-0.05, 0) is 33.6 Å². The van der Waals surface area contributed by atoms with E-state index in [-0.39, 0.29) is 18.8 Å². The first kappa shape index (κ1) is 13.3. The quantitative estimate of drug-likeness (QED) is 0.745. The maximum atomic E-state index is 11.4. The van der Waals surface area contributed by atoms with E-state index in [1.165, 1.54) is 0 Å². The predicted octanol–water partition coefficient (Wildman–Crippen LogP) is 1.05. The molecule has 0 saturated carbocycles. The molecule has 0 aromatic rings. The van der Waals surface area contributed by atoms with E-state index >= 15 is 0 Å². The van der Waals surface area contributed by atoms with Crippen LogP contribution in [0.5, 0.6) is 0 Å². The van der Waals surface area contributed by atoms with Crippen LogP contribution < -0.4 is 5.32 Å². The summed E-state index contributed by atoms with van der Waals surface area (Å²) in [6, 6.07) is -0.0161. The van der Waals surface area contributed by atoms with E-state index in [0.717, 1.165) is 12.8 Å². The topological polar surface area (TPSA) is 67.8 Å². The average molecular weight is 231 g/mol. The van der Waals surface area contributed by atoms with Crippen molar-refractivity contribution in [1.82, 2.24) is 5.32 Å². The summed E-state index contributed by atoms with van der Waals surface area (Å²) in [5.41, 5.74) is -0.479. The Labute approximate surface area is 96.1 Å². The minimum atomic E-state index is -0.479. The number of aliphatic hydroxyl groups is 1. The highest BCUT2D eigenvalue weighted by molar-refractivity contribution is 5.68. The third kappa shape index (κ3) is 4.81. The largest absolute Gasteiger partial charge is 0.444 e. The first-order valence-corrected chi connectivity index (χ1v) is 5.62. The normalized spacial score (nSPS) is 26.2. The highest BCUT2D eigenvalue weighted by Gasteiger charge is 2.24. The zero-order valence-electron chi connectivity index (χ0n) is 10.2. The van der Waals surface area contributed by atoms with Crippen molar-refractivity contribution in [1.29, 1.82) is 0 Å². The summed E-state index contributed by atoms with van der Waals surface area (Å²) < 4.78 is 10.5. The zero-order chi connectivity index (χ0) is 12.2. The molecular formula is C11H21NO4. The molecule has 1 heterocycles. The van der Waals surface area contributed by atoms with E-state index < -0.39 is 11.7 Å². The fourth-order valence-electron chi connectivity index (χ4n) is 1.54. The summed E-state index contributed by atoms with van der Waals surface area (Å²) in [4.78, 5) is 11.4. The smallest absolute Gasteiger partial charge is 0.407 e. The molecule has 1 amide bonds. The van der Waals surface area contributed by atoms with Gasteiger partial charge in [-0.2, -0.15) is 0 Å². The van der Waals surface area contributed by atoms with Gasteiger partial charge in [0, 0.05) is 0 Å². The molecule has 94 valence electrons. The first-order chi connectivity index (χ1) is 7.40. The number of aliphatic hydroxyl groups excluding tert-OH is 1. The van der Waals surface area contributed by atoms with E-state index in [0.29, 0.717) is 6.61 Å². The summed E-state index contributed by atoms with van der Waals surface area (Å²) in [5, 5.41) is 11.6. The molecule has 1 saturated heterocycles. The van der Waals surface area contributed by atoms with E-state index in [1.54, 1.807) is 0 Å². The van der Waals surface area contributed by atoms with Crippen molar-refractivity contribution < 1.29 is 19.4 Å². The van der Waals surface area contributed by atoms with Crippen LogP contribution in [0.2, 0.25) is 0 Å². The van der Waals surface area contributed by atoms with Crippen LogP contribution in [0.3, 0.4) is 0 Å². The van der Waals surface area contributed by atoms with E-state index in [1.807, 2.05) is 20.8 Å². The van der Waals surface area contributed by atoms with Crippen LogP contribution in [0, 0.1) is 0 Å². The fourth-order valence-corrected chi connectivity index (χ4v) is 1.54. The Kier molecular flexibility index (Phi) is 4.56. The number of amides is 1. The van der Waals surface area contributed by atoms with Crippen molar-refractivity contribution >= 4 is 6.09 Å². The SMILES string of the molecule is CC(C)(C)OC(=O)N[C@@H]1CC[C@H](CO)OC1. The molecule has 1 rings (SSSR count). The second-order valence-corrected chi connectivity index (χ2v) is 5.06. The van der Waals surface area contributed by atoms with Crippen molar-refractivity contribution in [3.05, 3.63) is 0 Å². The Morgan fingerprint density at radius 2 is 2.19 bits per heavy atom. The Morgan fingerprint density at radius 1 is 1.50 bits per heavy atom. The van der Waals surface area contributed by atoms with Crippen LogP contribution >= 0.6 is 0 Å². The summed E-state index contributed by atoms with van der Waals surface area (Å²) >= 11 is 0. The number of nitrogens with one attached hydrogen (secondary N) is 1. The monoisotopic (exact) mass is 231 g/mol. The summed E-state index contributed by atoms with van der Waals surface area (Å²) in [5.74, 6) is 0. The maximum absolute atomic E-state index is 11.4. The standard InChI is InChI=1S/C11H21NO4/c1-11(2,3)16-10(14)12-8-4-5-9(6-13)15-7-8/h8-9,13H,4-7H2,1-3H3,(H,12,14)/t8-,9-/m1/s1. The molecule has 0 aliphatic carbocycles. The van der Waals surface area contributed by atoms with Gasteiger partial charge in [0.15, 0.2) is 0 Å². The number of carbonyl (C=O) groups excluding carboxylic acids is 1. The van der Waals surface area contributed by atoms with E-state index in [9.17, 15) is 4.79 Å². The summed E-state index contributed by atoms with van der Waals surface area (Å²) in [6.07, 6.45) is 1.07. The van der Waals surface area contributed by atoms with Gasteiger partial charge in [-0.15, -0.1) is 0 Å². The molecule has 0 unspecified atom stereocenters. The molecular weight excluding hydrogens is 210 g/mol. The molecule has 16 heavy (non-hydrogen) atoms. The molecule has 0 aromatic carbocycles. The number of alkyl carbamates (subject to hydrolysis) is 1. The van der Waals surface area contributed by atoms with Gasteiger partial charge < -0.3 is 19.9 Å². The van der Waals surface area contributed by atoms with Gasteiger partial charge in [-0.25, -0.2) is 4.79 Å².